The van der Waals surface area contributed by atoms with Crippen LogP contribution in [0.2, 0.25) is 0 Å². The van der Waals surface area contributed by atoms with Crippen LogP contribution in [-0.2, 0) is 19.4 Å². The molecule has 1 aliphatic heterocycles. The molecule has 10 heteroatoms. The van der Waals surface area contributed by atoms with Crippen LogP contribution in [0.15, 0.2) is 9.64 Å². The molecule has 2 heterocycles. The van der Waals surface area contributed by atoms with Gasteiger partial charge in [-0.3, -0.25) is 4.79 Å². The van der Waals surface area contributed by atoms with Gasteiger partial charge in [-0.2, -0.15) is 0 Å². The average molecular weight is 349 g/mol. The van der Waals surface area contributed by atoms with E-state index in [4.69, 9.17) is 9.15 Å². The van der Waals surface area contributed by atoms with Crippen LogP contribution < -0.4 is 5.32 Å². The Morgan fingerprint density at radius 3 is 2.95 bits per heavy atom. The number of rotatable bonds is 7. The molecule has 2 rings (SSSR count). The maximum atomic E-state index is 11.8. The zero-order chi connectivity index (χ0) is 16.2. The van der Waals surface area contributed by atoms with Gasteiger partial charge >= 0.3 is 0 Å². The first-order valence-electron chi connectivity index (χ1n) is 6.88. The van der Waals surface area contributed by atoms with E-state index in [0.29, 0.717) is 25.5 Å². The van der Waals surface area contributed by atoms with Gasteiger partial charge in [-0.25, -0.2) is 8.42 Å². The number of thioether (sulfide) groups is 1. The van der Waals surface area contributed by atoms with E-state index in [1.165, 1.54) is 0 Å². The number of ether oxygens (including phenoxy) is 1. The van der Waals surface area contributed by atoms with Gasteiger partial charge in [0.15, 0.2) is 9.84 Å². The van der Waals surface area contributed by atoms with Crippen molar-refractivity contribution < 1.29 is 22.4 Å². The van der Waals surface area contributed by atoms with Crippen molar-refractivity contribution in [1.29, 1.82) is 0 Å². The first-order valence-corrected chi connectivity index (χ1v) is 9.58. The van der Waals surface area contributed by atoms with E-state index in [2.05, 4.69) is 15.5 Å². The minimum absolute atomic E-state index is 0.0480. The summed E-state index contributed by atoms with van der Waals surface area (Å²) in [6, 6.07) is 0. The first kappa shape index (κ1) is 17.2. The Labute approximate surface area is 133 Å². The smallest absolute Gasteiger partial charge is 0.277 e. The van der Waals surface area contributed by atoms with E-state index in [1.807, 2.05) is 0 Å². The van der Waals surface area contributed by atoms with Crippen molar-refractivity contribution in [2.45, 2.75) is 29.7 Å². The second-order valence-corrected chi connectivity index (χ2v) is 8.57. The van der Waals surface area contributed by atoms with Gasteiger partial charge < -0.3 is 14.5 Å². The largest absolute Gasteiger partial charge is 0.416 e. The topological polar surface area (TPSA) is 111 Å². The van der Waals surface area contributed by atoms with E-state index in [1.54, 1.807) is 14.0 Å². The van der Waals surface area contributed by atoms with Gasteiger partial charge in [-0.15, -0.1) is 10.2 Å². The molecule has 124 valence electrons. The summed E-state index contributed by atoms with van der Waals surface area (Å²) in [5, 5.41) is 10.4. The lowest BCUT2D eigenvalue weighted by atomic mass is 10.1. The number of hydrogen-bond donors (Lipinski definition) is 1. The molecule has 0 bridgehead atoms. The predicted octanol–water partition coefficient (Wildman–Crippen LogP) is 0.215. The number of carbonyl (C=O) groups is 1. The van der Waals surface area contributed by atoms with Gasteiger partial charge in [0.1, 0.15) is 0 Å². The number of aromatic nitrogens is 2. The van der Waals surface area contributed by atoms with Gasteiger partial charge in [-0.05, 0) is 13.3 Å². The normalized spacial score (nSPS) is 21.6. The van der Waals surface area contributed by atoms with Gasteiger partial charge in [0.05, 0.1) is 29.3 Å². The van der Waals surface area contributed by atoms with E-state index < -0.39 is 15.1 Å². The fourth-order valence-electron chi connectivity index (χ4n) is 2.05. The number of hydrogen-bond acceptors (Lipinski definition) is 8. The molecule has 1 aromatic heterocycles. The summed E-state index contributed by atoms with van der Waals surface area (Å²) in [5.41, 5.74) is 0. The Morgan fingerprint density at radius 1 is 1.55 bits per heavy atom. The summed E-state index contributed by atoms with van der Waals surface area (Å²) in [4.78, 5) is 11.8. The summed E-state index contributed by atoms with van der Waals surface area (Å²) >= 11 is 1.15. The molecule has 1 aliphatic rings. The summed E-state index contributed by atoms with van der Waals surface area (Å²) < 4.78 is 33.2. The van der Waals surface area contributed by atoms with Crippen LogP contribution in [0.4, 0.5) is 0 Å². The second-order valence-electron chi connectivity index (χ2n) is 5.05. The van der Waals surface area contributed by atoms with Crippen molar-refractivity contribution in [2.24, 2.45) is 0 Å². The lowest BCUT2D eigenvalue weighted by Crippen LogP contribution is -2.33. The molecular weight excluding hydrogens is 330 g/mol. The van der Waals surface area contributed by atoms with Crippen molar-refractivity contribution in [2.75, 3.05) is 31.8 Å². The quantitative estimate of drug-likeness (QED) is 0.549. The summed E-state index contributed by atoms with van der Waals surface area (Å²) in [6.45, 7) is 2.62. The van der Waals surface area contributed by atoms with E-state index in [-0.39, 0.29) is 28.6 Å². The lowest BCUT2D eigenvalue weighted by Gasteiger charge is -2.09. The molecule has 1 fully saturated rings. The van der Waals surface area contributed by atoms with Crippen LogP contribution in [0.3, 0.4) is 0 Å². The molecule has 0 saturated carbocycles. The molecule has 8 nitrogen and oxygen atoms in total. The molecule has 22 heavy (non-hydrogen) atoms. The van der Waals surface area contributed by atoms with Crippen LogP contribution >= 0.6 is 11.8 Å². The molecule has 0 radical (unpaired) electrons. The third-order valence-electron chi connectivity index (χ3n) is 3.26. The number of carbonyl (C=O) groups excluding carboxylic acids is 1. The molecule has 0 unspecified atom stereocenters. The molecule has 1 aromatic rings. The van der Waals surface area contributed by atoms with Gasteiger partial charge in [0.25, 0.3) is 5.22 Å². The van der Waals surface area contributed by atoms with Gasteiger partial charge in [-0.1, -0.05) is 11.8 Å². The lowest BCUT2D eigenvalue weighted by molar-refractivity contribution is -0.120. The van der Waals surface area contributed by atoms with Crippen molar-refractivity contribution in [3.8, 4) is 0 Å². The second kappa shape index (κ2) is 7.42. The first-order chi connectivity index (χ1) is 10.4. The molecule has 0 spiro atoms. The van der Waals surface area contributed by atoms with Crippen molar-refractivity contribution in [3.05, 3.63) is 5.89 Å². The number of amides is 1. The van der Waals surface area contributed by atoms with E-state index >= 15 is 0 Å². The highest BCUT2D eigenvalue weighted by Crippen LogP contribution is 2.30. The van der Waals surface area contributed by atoms with Gasteiger partial charge in [0.2, 0.25) is 11.8 Å². The minimum atomic E-state index is -2.99. The zero-order valence-corrected chi connectivity index (χ0v) is 14.1. The Bertz CT molecular complexity index is 616. The number of sulfone groups is 1. The van der Waals surface area contributed by atoms with E-state index in [0.717, 1.165) is 11.8 Å². The average Bonchev–Trinajstić information content (AvgIpc) is 3.05. The standard InChI is InChI=1S/C12H19N3O5S2/c1-8(10(16)13-4-5-19-2)21-12-15-14-11(20-12)9-3-6-22(17,18)7-9/h8-9H,3-7H2,1-2H3,(H,13,16)/t8-,9-/m1/s1. The van der Waals surface area contributed by atoms with Gasteiger partial charge in [0, 0.05) is 13.7 Å². The summed E-state index contributed by atoms with van der Waals surface area (Å²) in [5.74, 6) is 0.145. The number of nitrogens with zero attached hydrogens (tertiary/aromatic N) is 2. The highest BCUT2D eigenvalue weighted by atomic mass is 32.2. The summed E-state index contributed by atoms with van der Waals surface area (Å²) in [7, 11) is -1.43. The fourth-order valence-corrected chi connectivity index (χ4v) is 4.49. The molecule has 0 aliphatic carbocycles. The maximum absolute atomic E-state index is 11.8. The predicted molar refractivity (Wildman–Crippen MR) is 80.5 cm³/mol. The summed E-state index contributed by atoms with van der Waals surface area (Å²) in [6.07, 6.45) is 0.502. The molecule has 1 saturated heterocycles. The Hall–Kier alpha value is -1.13. The zero-order valence-electron chi connectivity index (χ0n) is 12.4. The van der Waals surface area contributed by atoms with Crippen LogP contribution in [0.25, 0.3) is 0 Å². The molecular formula is C12H19N3O5S2. The number of methoxy groups -OCH3 is 1. The fraction of sp³-hybridized carbons (Fsp3) is 0.750. The molecule has 1 N–H and O–H groups in total. The molecule has 0 aromatic carbocycles. The minimum Gasteiger partial charge on any atom is -0.416 e. The maximum Gasteiger partial charge on any atom is 0.277 e. The molecule has 2 atom stereocenters. The SMILES string of the molecule is COCCNC(=O)[C@@H](C)Sc1nnc([C@@H]2CCS(=O)(=O)C2)o1. The third kappa shape index (κ3) is 4.68. The third-order valence-corrected chi connectivity index (χ3v) is 5.96. The van der Waals surface area contributed by atoms with Crippen LogP contribution in [0.5, 0.6) is 0 Å². The Morgan fingerprint density at radius 2 is 2.32 bits per heavy atom. The number of nitrogens with one attached hydrogen (secondary N) is 1. The van der Waals surface area contributed by atoms with Crippen LogP contribution in [0.1, 0.15) is 25.2 Å². The van der Waals surface area contributed by atoms with Crippen LogP contribution in [0, 0.1) is 0 Å². The van der Waals surface area contributed by atoms with Crippen molar-refractivity contribution in [3.63, 3.8) is 0 Å². The van der Waals surface area contributed by atoms with Crippen molar-refractivity contribution >= 4 is 27.5 Å². The monoisotopic (exact) mass is 349 g/mol. The Balaban J connectivity index is 1.88. The highest BCUT2D eigenvalue weighted by molar-refractivity contribution is 8.00. The van der Waals surface area contributed by atoms with Crippen molar-refractivity contribution in [1.82, 2.24) is 15.5 Å². The van der Waals surface area contributed by atoms with Crippen LogP contribution in [-0.4, -0.2) is 61.5 Å². The highest BCUT2D eigenvalue weighted by Gasteiger charge is 2.33. The van der Waals surface area contributed by atoms with E-state index in [9.17, 15) is 13.2 Å². The molecule has 1 amide bonds. The Kier molecular flexibility index (Phi) is 5.81.